The molecule has 1 N–H and O–H groups in total. The highest BCUT2D eigenvalue weighted by atomic mass is 35.5. The number of hydrogen-bond acceptors (Lipinski definition) is 3. The van der Waals surface area contributed by atoms with Crippen LogP contribution in [0.3, 0.4) is 0 Å². The Hall–Kier alpha value is -1.65. The number of nitrogens with zero attached hydrogens (tertiary/aromatic N) is 2. The van der Waals surface area contributed by atoms with Crippen LogP contribution >= 0.6 is 23.2 Å². The molecular formula is C14H13Cl2N3O. The number of benzene rings is 1. The van der Waals surface area contributed by atoms with Crippen LogP contribution in [0.1, 0.15) is 27.6 Å². The van der Waals surface area contributed by atoms with Crippen LogP contribution in [0.4, 0.5) is 5.69 Å². The number of aryl methyl sites for hydroxylation is 3. The van der Waals surface area contributed by atoms with Crippen molar-refractivity contribution in [3.63, 3.8) is 0 Å². The smallest absolute Gasteiger partial charge is 0.259 e. The molecule has 0 bridgehead atoms. The van der Waals surface area contributed by atoms with Gasteiger partial charge in [0, 0.05) is 0 Å². The van der Waals surface area contributed by atoms with Gasteiger partial charge >= 0.3 is 0 Å². The zero-order chi connectivity index (χ0) is 14.9. The number of halogens is 2. The van der Waals surface area contributed by atoms with Crippen LogP contribution in [0.25, 0.3) is 0 Å². The van der Waals surface area contributed by atoms with Crippen LogP contribution in [-0.2, 0) is 0 Å². The van der Waals surface area contributed by atoms with Gasteiger partial charge in [0.1, 0.15) is 5.82 Å². The number of para-hydroxylation sites is 1. The molecule has 20 heavy (non-hydrogen) atoms. The van der Waals surface area contributed by atoms with E-state index >= 15 is 0 Å². The van der Waals surface area contributed by atoms with E-state index in [1.165, 1.54) is 0 Å². The van der Waals surface area contributed by atoms with E-state index in [0.717, 1.165) is 0 Å². The minimum atomic E-state index is -0.324. The molecule has 6 heteroatoms. The predicted molar refractivity (Wildman–Crippen MR) is 80.7 cm³/mol. The molecule has 1 heterocycles. The number of carbonyl (C=O) groups is 1. The Kier molecular flexibility index (Phi) is 4.26. The second-order valence-corrected chi connectivity index (χ2v) is 5.18. The van der Waals surface area contributed by atoms with Crippen molar-refractivity contribution < 1.29 is 4.79 Å². The SMILES string of the molecule is Cc1nc(C)c(C(=O)Nc2c(Cl)cccc2Cl)c(C)n1. The van der Waals surface area contributed by atoms with E-state index in [-0.39, 0.29) is 5.91 Å². The molecule has 1 aromatic carbocycles. The number of hydrogen-bond donors (Lipinski definition) is 1. The van der Waals surface area contributed by atoms with Crippen molar-refractivity contribution in [2.45, 2.75) is 20.8 Å². The molecule has 0 saturated heterocycles. The highest BCUT2D eigenvalue weighted by Gasteiger charge is 2.17. The fraction of sp³-hybridized carbons (Fsp3) is 0.214. The van der Waals surface area contributed by atoms with E-state index in [2.05, 4.69) is 15.3 Å². The summed E-state index contributed by atoms with van der Waals surface area (Å²) >= 11 is 12.1. The summed E-state index contributed by atoms with van der Waals surface area (Å²) in [4.78, 5) is 20.8. The highest BCUT2D eigenvalue weighted by molar-refractivity contribution is 6.40. The molecule has 1 amide bonds. The Morgan fingerprint density at radius 2 is 1.55 bits per heavy atom. The van der Waals surface area contributed by atoms with Crippen molar-refractivity contribution in [3.05, 3.63) is 51.0 Å². The topological polar surface area (TPSA) is 54.9 Å². The van der Waals surface area contributed by atoms with Gasteiger partial charge in [-0.3, -0.25) is 4.79 Å². The van der Waals surface area contributed by atoms with Crippen molar-refractivity contribution in [1.82, 2.24) is 9.97 Å². The average Bonchev–Trinajstić information content (AvgIpc) is 2.32. The molecule has 0 aliphatic heterocycles. The molecule has 0 saturated carbocycles. The van der Waals surface area contributed by atoms with E-state index < -0.39 is 0 Å². The van der Waals surface area contributed by atoms with Gasteiger partial charge in [0.2, 0.25) is 0 Å². The number of rotatable bonds is 2. The minimum absolute atomic E-state index is 0.324. The number of carbonyl (C=O) groups excluding carboxylic acids is 1. The Balaban J connectivity index is 2.39. The van der Waals surface area contributed by atoms with Crippen molar-refractivity contribution in [2.24, 2.45) is 0 Å². The van der Waals surface area contributed by atoms with Gasteiger partial charge in [-0.15, -0.1) is 0 Å². The molecule has 4 nitrogen and oxygen atoms in total. The van der Waals surface area contributed by atoms with Gasteiger partial charge in [0.15, 0.2) is 0 Å². The summed E-state index contributed by atoms with van der Waals surface area (Å²) < 4.78 is 0. The van der Waals surface area contributed by atoms with E-state index in [9.17, 15) is 4.79 Å². The average molecular weight is 310 g/mol. The molecule has 0 spiro atoms. The van der Waals surface area contributed by atoms with Gasteiger partial charge in [-0.25, -0.2) is 9.97 Å². The summed E-state index contributed by atoms with van der Waals surface area (Å²) in [6, 6.07) is 5.04. The maximum absolute atomic E-state index is 12.4. The first-order valence-electron chi connectivity index (χ1n) is 5.97. The molecule has 0 fully saturated rings. The van der Waals surface area contributed by atoms with Crippen LogP contribution < -0.4 is 5.32 Å². The number of amides is 1. The number of anilines is 1. The van der Waals surface area contributed by atoms with E-state index in [4.69, 9.17) is 23.2 Å². The lowest BCUT2D eigenvalue weighted by molar-refractivity contribution is 0.102. The summed E-state index contributed by atoms with van der Waals surface area (Å²) in [7, 11) is 0. The van der Waals surface area contributed by atoms with Crippen LogP contribution in [0.5, 0.6) is 0 Å². The molecule has 0 aliphatic carbocycles. The Morgan fingerprint density at radius 3 is 2.05 bits per heavy atom. The Bertz CT molecular complexity index is 643. The van der Waals surface area contributed by atoms with Gasteiger partial charge in [0.25, 0.3) is 5.91 Å². The van der Waals surface area contributed by atoms with Crippen LogP contribution in [0, 0.1) is 20.8 Å². The van der Waals surface area contributed by atoms with Crippen molar-refractivity contribution in [3.8, 4) is 0 Å². The third kappa shape index (κ3) is 2.92. The summed E-state index contributed by atoms with van der Waals surface area (Å²) in [6.45, 7) is 5.32. The molecule has 0 radical (unpaired) electrons. The van der Waals surface area contributed by atoms with Crippen LogP contribution in [-0.4, -0.2) is 15.9 Å². The number of aromatic nitrogens is 2. The van der Waals surface area contributed by atoms with E-state index in [1.807, 2.05) is 0 Å². The largest absolute Gasteiger partial charge is 0.319 e. The predicted octanol–water partition coefficient (Wildman–Crippen LogP) is 3.96. The van der Waals surface area contributed by atoms with Crippen molar-refractivity contribution >= 4 is 34.8 Å². The third-order valence-electron chi connectivity index (χ3n) is 2.81. The maximum atomic E-state index is 12.4. The summed E-state index contributed by atoms with van der Waals surface area (Å²) in [5, 5.41) is 3.48. The molecule has 0 unspecified atom stereocenters. The second-order valence-electron chi connectivity index (χ2n) is 4.37. The molecule has 2 rings (SSSR count). The zero-order valence-corrected chi connectivity index (χ0v) is 12.8. The first-order chi connectivity index (χ1) is 9.40. The van der Waals surface area contributed by atoms with Crippen molar-refractivity contribution in [2.75, 3.05) is 5.32 Å². The molecular weight excluding hydrogens is 297 g/mol. The lowest BCUT2D eigenvalue weighted by Crippen LogP contribution is -2.17. The fourth-order valence-corrected chi connectivity index (χ4v) is 2.50. The molecule has 0 aliphatic rings. The molecule has 1 aromatic heterocycles. The van der Waals surface area contributed by atoms with Crippen molar-refractivity contribution in [1.29, 1.82) is 0 Å². The zero-order valence-electron chi connectivity index (χ0n) is 11.3. The fourth-order valence-electron chi connectivity index (χ4n) is 2.01. The van der Waals surface area contributed by atoms with Gasteiger partial charge in [-0.2, -0.15) is 0 Å². The lowest BCUT2D eigenvalue weighted by atomic mass is 10.1. The van der Waals surface area contributed by atoms with Gasteiger partial charge in [-0.1, -0.05) is 29.3 Å². The highest BCUT2D eigenvalue weighted by Crippen LogP contribution is 2.30. The van der Waals surface area contributed by atoms with Gasteiger partial charge in [0.05, 0.1) is 32.7 Å². The second kappa shape index (κ2) is 5.77. The van der Waals surface area contributed by atoms with E-state index in [1.54, 1.807) is 39.0 Å². The first kappa shape index (κ1) is 14.8. The quantitative estimate of drug-likeness (QED) is 0.913. The number of nitrogens with one attached hydrogen (secondary N) is 1. The normalized spacial score (nSPS) is 10.4. The third-order valence-corrected chi connectivity index (χ3v) is 3.44. The van der Waals surface area contributed by atoms with Gasteiger partial charge in [-0.05, 0) is 32.9 Å². The van der Waals surface area contributed by atoms with Crippen LogP contribution in [0.2, 0.25) is 10.0 Å². The summed E-state index contributed by atoms with van der Waals surface area (Å²) in [5.41, 5.74) is 2.07. The molecule has 104 valence electrons. The standard InChI is InChI=1S/C14H13Cl2N3O/c1-7-12(8(2)18-9(3)17-7)14(20)19-13-10(15)5-4-6-11(13)16/h4-6H,1-3H3,(H,19,20). The van der Waals surface area contributed by atoms with Gasteiger partial charge < -0.3 is 5.32 Å². The monoisotopic (exact) mass is 309 g/mol. The summed E-state index contributed by atoms with van der Waals surface area (Å²) in [5.74, 6) is 0.308. The van der Waals surface area contributed by atoms with E-state index in [0.29, 0.717) is 38.5 Å². The lowest BCUT2D eigenvalue weighted by Gasteiger charge is -2.12. The Labute approximate surface area is 127 Å². The summed E-state index contributed by atoms with van der Waals surface area (Å²) in [6.07, 6.45) is 0. The maximum Gasteiger partial charge on any atom is 0.259 e. The Morgan fingerprint density at radius 1 is 1.05 bits per heavy atom. The molecule has 2 aromatic rings. The molecule has 0 atom stereocenters. The van der Waals surface area contributed by atoms with Crippen LogP contribution in [0.15, 0.2) is 18.2 Å². The minimum Gasteiger partial charge on any atom is -0.319 e. The first-order valence-corrected chi connectivity index (χ1v) is 6.73.